The van der Waals surface area contributed by atoms with Crippen molar-refractivity contribution in [2.75, 3.05) is 20.1 Å². The third-order valence-corrected chi connectivity index (χ3v) is 4.83. The highest BCUT2D eigenvalue weighted by atomic mass is 79.9. The van der Waals surface area contributed by atoms with Gasteiger partial charge in [0, 0.05) is 16.6 Å². The molecular formula is C15H22BrFN2. The molecule has 1 N–H and O–H groups in total. The van der Waals surface area contributed by atoms with E-state index in [4.69, 9.17) is 0 Å². The summed E-state index contributed by atoms with van der Waals surface area (Å²) in [6.45, 7) is 4.40. The lowest BCUT2D eigenvalue weighted by Crippen LogP contribution is -2.34. The van der Waals surface area contributed by atoms with Crippen LogP contribution in [0.15, 0.2) is 22.7 Å². The van der Waals surface area contributed by atoms with Crippen LogP contribution in [0.1, 0.15) is 37.8 Å². The molecule has 4 heteroatoms. The van der Waals surface area contributed by atoms with Crippen molar-refractivity contribution in [1.82, 2.24) is 10.2 Å². The molecule has 1 saturated heterocycles. The highest BCUT2D eigenvalue weighted by molar-refractivity contribution is 9.10. The molecule has 1 heterocycles. The molecular weight excluding hydrogens is 307 g/mol. The van der Waals surface area contributed by atoms with E-state index in [0.717, 1.165) is 23.1 Å². The van der Waals surface area contributed by atoms with Gasteiger partial charge in [-0.3, -0.25) is 4.90 Å². The van der Waals surface area contributed by atoms with Crippen LogP contribution in [0.2, 0.25) is 0 Å². The van der Waals surface area contributed by atoms with Crippen LogP contribution >= 0.6 is 15.9 Å². The first-order chi connectivity index (χ1) is 9.09. The lowest BCUT2D eigenvalue weighted by atomic mass is 10.0. The Balaban J connectivity index is 2.10. The number of nitrogens with zero attached hydrogens (tertiary/aromatic N) is 1. The van der Waals surface area contributed by atoms with Gasteiger partial charge in [-0.25, -0.2) is 4.39 Å². The van der Waals surface area contributed by atoms with Crippen LogP contribution in [0.4, 0.5) is 4.39 Å². The number of benzene rings is 1. The molecule has 2 atom stereocenters. The SMILES string of the molecule is CC(c1ccc(F)cc1Br)N(C)C1CCCNCC1. The van der Waals surface area contributed by atoms with E-state index >= 15 is 0 Å². The fraction of sp³-hybridized carbons (Fsp3) is 0.600. The van der Waals surface area contributed by atoms with Gasteiger partial charge in [-0.05, 0) is 64.0 Å². The Labute approximate surface area is 123 Å². The Morgan fingerprint density at radius 1 is 1.37 bits per heavy atom. The molecule has 106 valence electrons. The molecule has 0 amide bonds. The average Bonchev–Trinajstić information content (AvgIpc) is 2.66. The van der Waals surface area contributed by atoms with Crippen LogP contribution in [-0.2, 0) is 0 Å². The number of rotatable bonds is 3. The first-order valence-electron chi connectivity index (χ1n) is 6.97. The van der Waals surface area contributed by atoms with Gasteiger partial charge in [0.2, 0.25) is 0 Å². The molecule has 2 unspecified atom stereocenters. The van der Waals surface area contributed by atoms with Crippen LogP contribution in [0.5, 0.6) is 0 Å². The summed E-state index contributed by atoms with van der Waals surface area (Å²) in [7, 11) is 2.18. The van der Waals surface area contributed by atoms with Gasteiger partial charge in [-0.2, -0.15) is 0 Å². The number of halogens is 2. The number of hydrogen-bond donors (Lipinski definition) is 1. The van der Waals surface area contributed by atoms with Crippen molar-refractivity contribution < 1.29 is 4.39 Å². The van der Waals surface area contributed by atoms with Crippen LogP contribution in [0.3, 0.4) is 0 Å². The predicted octanol–water partition coefficient (Wildman–Crippen LogP) is 3.72. The zero-order valence-electron chi connectivity index (χ0n) is 11.6. The first-order valence-corrected chi connectivity index (χ1v) is 7.76. The molecule has 0 bridgehead atoms. The second-order valence-corrected chi connectivity index (χ2v) is 6.20. The minimum Gasteiger partial charge on any atom is -0.317 e. The van der Waals surface area contributed by atoms with Gasteiger partial charge in [0.1, 0.15) is 5.82 Å². The van der Waals surface area contributed by atoms with Gasteiger partial charge < -0.3 is 5.32 Å². The van der Waals surface area contributed by atoms with Gasteiger partial charge >= 0.3 is 0 Å². The van der Waals surface area contributed by atoms with E-state index < -0.39 is 0 Å². The van der Waals surface area contributed by atoms with Crippen LogP contribution in [0.25, 0.3) is 0 Å². The van der Waals surface area contributed by atoms with Crippen LogP contribution in [-0.4, -0.2) is 31.1 Å². The van der Waals surface area contributed by atoms with Crippen LogP contribution in [0, 0.1) is 5.82 Å². The van der Waals surface area contributed by atoms with E-state index in [9.17, 15) is 4.39 Å². The van der Waals surface area contributed by atoms with Crippen molar-refractivity contribution >= 4 is 15.9 Å². The number of hydrogen-bond acceptors (Lipinski definition) is 2. The van der Waals surface area contributed by atoms with E-state index in [-0.39, 0.29) is 11.9 Å². The minimum atomic E-state index is -0.191. The molecule has 2 nitrogen and oxygen atoms in total. The highest BCUT2D eigenvalue weighted by Gasteiger charge is 2.23. The molecule has 1 aliphatic heterocycles. The van der Waals surface area contributed by atoms with Gasteiger partial charge in [0.05, 0.1) is 0 Å². The molecule has 0 radical (unpaired) electrons. The molecule has 1 aromatic rings. The second kappa shape index (κ2) is 6.82. The molecule has 1 aromatic carbocycles. The monoisotopic (exact) mass is 328 g/mol. The summed E-state index contributed by atoms with van der Waals surface area (Å²) in [5.74, 6) is -0.191. The van der Waals surface area contributed by atoms with Crippen molar-refractivity contribution in [3.05, 3.63) is 34.1 Å². The zero-order valence-corrected chi connectivity index (χ0v) is 13.2. The number of nitrogens with one attached hydrogen (secondary N) is 1. The summed E-state index contributed by atoms with van der Waals surface area (Å²) in [5.41, 5.74) is 1.15. The summed E-state index contributed by atoms with van der Waals surface area (Å²) in [4.78, 5) is 2.42. The Morgan fingerprint density at radius 2 is 2.16 bits per heavy atom. The Morgan fingerprint density at radius 3 is 2.89 bits per heavy atom. The smallest absolute Gasteiger partial charge is 0.124 e. The van der Waals surface area contributed by atoms with Crippen molar-refractivity contribution in [1.29, 1.82) is 0 Å². The average molecular weight is 329 g/mol. The summed E-state index contributed by atoms with van der Waals surface area (Å²) in [5, 5.41) is 3.44. The summed E-state index contributed by atoms with van der Waals surface area (Å²) in [6, 6.07) is 5.86. The first kappa shape index (κ1) is 14.9. The lowest BCUT2D eigenvalue weighted by Gasteiger charge is -2.33. The molecule has 0 aliphatic carbocycles. The lowest BCUT2D eigenvalue weighted by molar-refractivity contribution is 0.170. The largest absolute Gasteiger partial charge is 0.317 e. The fourth-order valence-corrected chi connectivity index (χ4v) is 3.47. The van der Waals surface area contributed by atoms with Crippen molar-refractivity contribution in [3.63, 3.8) is 0 Å². The molecule has 0 aromatic heterocycles. The quantitative estimate of drug-likeness (QED) is 0.909. The predicted molar refractivity (Wildman–Crippen MR) is 80.8 cm³/mol. The standard InChI is InChI=1S/C15H22BrFN2/c1-11(14-6-5-12(17)10-15(14)16)19(2)13-4-3-8-18-9-7-13/h5-6,10-11,13,18H,3-4,7-9H2,1-2H3. The normalized spacial score (nSPS) is 22.3. The van der Waals surface area contributed by atoms with E-state index in [1.807, 2.05) is 6.07 Å². The van der Waals surface area contributed by atoms with E-state index in [2.05, 4.69) is 40.1 Å². The minimum absolute atomic E-state index is 0.191. The van der Waals surface area contributed by atoms with Gasteiger partial charge in [0.25, 0.3) is 0 Å². The Kier molecular flexibility index (Phi) is 5.37. The maximum Gasteiger partial charge on any atom is 0.124 e. The molecule has 1 fully saturated rings. The van der Waals surface area contributed by atoms with Crippen molar-refractivity contribution in [3.8, 4) is 0 Å². The fourth-order valence-electron chi connectivity index (χ4n) is 2.78. The van der Waals surface area contributed by atoms with Crippen LogP contribution < -0.4 is 5.32 Å². The van der Waals surface area contributed by atoms with E-state index in [1.54, 1.807) is 12.1 Å². The second-order valence-electron chi connectivity index (χ2n) is 5.34. The summed E-state index contributed by atoms with van der Waals surface area (Å²) < 4.78 is 14.0. The third-order valence-electron chi connectivity index (χ3n) is 4.14. The molecule has 19 heavy (non-hydrogen) atoms. The Bertz CT molecular complexity index is 417. The maximum atomic E-state index is 13.2. The summed E-state index contributed by atoms with van der Waals surface area (Å²) in [6.07, 6.45) is 3.64. The Hall–Kier alpha value is -0.450. The molecule has 1 aliphatic rings. The topological polar surface area (TPSA) is 15.3 Å². The maximum absolute atomic E-state index is 13.2. The molecule has 0 saturated carbocycles. The highest BCUT2D eigenvalue weighted by Crippen LogP contribution is 2.30. The summed E-state index contributed by atoms with van der Waals surface area (Å²) >= 11 is 3.48. The third kappa shape index (κ3) is 3.77. The van der Waals surface area contributed by atoms with E-state index in [1.165, 1.54) is 19.3 Å². The van der Waals surface area contributed by atoms with Gasteiger partial charge in [-0.1, -0.05) is 22.0 Å². The van der Waals surface area contributed by atoms with Gasteiger partial charge in [0.15, 0.2) is 0 Å². The molecule has 0 spiro atoms. The van der Waals surface area contributed by atoms with Crippen molar-refractivity contribution in [2.45, 2.75) is 38.3 Å². The van der Waals surface area contributed by atoms with E-state index in [0.29, 0.717) is 6.04 Å². The zero-order chi connectivity index (χ0) is 13.8. The molecule has 2 rings (SSSR count). The van der Waals surface area contributed by atoms with Crippen molar-refractivity contribution in [2.24, 2.45) is 0 Å². The van der Waals surface area contributed by atoms with Gasteiger partial charge in [-0.15, -0.1) is 0 Å².